The van der Waals surface area contributed by atoms with Gasteiger partial charge in [0, 0.05) is 22.2 Å². The van der Waals surface area contributed by atoms with Crippen molar-refractivity contribution in [2.24, 2.45) is 0 Å². The Morgan fingerprint density at radius 1 is 1.07 bits per heavy atom. The number of benzene rings is 2. The SMILES string of the molecule is O=C(O)CN1C(=O)C(=O)C(=C(O)c2ccc([N+](=O)[O-])cc2)C1c1ccc(Br)cc1. The summed E-state index contributed by atoms with van der Waals surface area (Å²) in [6, 6.07) is 10.2. The van der Waals surface area contributed by atoms with E-state index in [2.05, 4.69) is 15.9 Å². The highest BCUT2D eigenvalue weighted by atomic mass is 79.9. The number of non-ortho nitro benzene ring substituents is 1. The van der Waals surface area contributed by atoms with Crippen molar-refractivity contribution in [1.29, 1.82) is 0 Å². The smallest absolute Gasteiger partial charge is 0.323 e. The number of nitro benzene ring substituents is 1. The number of halogens is 1. The summed E-state index contributed by atoms with van der Waals surface area (Å²) in [7, 11) is 0. The van der Waals surface area contributed by atoms with E-state index in [0.29, 0.717) is 5.56 Å². The van der Waals surface area contributed by atoms with E-state index in [1.165, 1.54) is 12.1 Å². The minimum atomic E-state index is -1.32. The lowest BCUT2D eigenvalue weighted by Crippen LogP contribution is -2.34. The summed E-state index contributed by atoms with van der Waals surface area (Å²) in [6.07, 6.45) is 0. The van der Waals surface area contributed by atoms with Crippen LogP contribution in [0.2, 0.25) is 0 Å². The molecule has 0 radical (unpaired) electrons. The number of ketones is 1. The number of nitrogens with zero attached hydrogens (tertiary/aromatic N) is 2. The van der Waals surface area contributed by atoms with Crippen LogP contribution in [-0.4, -0.2) is 44.2 Å². The van der Waals surface area contributed by atoms with Crippen molar-refractivity contribution in [3.63, 3.8) is 0 Å². The quantitative estimate of drug-likeness (QED) is 0.230. The molecule has 0 saturated carbocycles. The highest BCUT2D eigenvalue weighted by molar-refractivity contribution is 9.10. The molecule has 148 valence electrons. The summed E-state index contributed by atoms with van der Waals surface area (Å²) in [5, 5.41) is 30.7. The molecule has 10 heteroatoms. The second kappa shape index (κ2) is 7.84. The van der Waals surface area contributed by atoms with Gasteiger partial charge < -0.3 is 15.1 Å². The topological polar surface area (TPSA) is 138 Å². The molecule has 0 aliphatic carbocycles. The molecule has 9 nitrogen and oxygen atoms in total. The van der Waals surface area contributed by atoms with E-state index in [0.717, 1.165) is 21.5 Å². The minimum Gasteiger partial charge on any atom is -0.507 e. The molecule has 1 heterocycles. The molecule has 1 aliphatic heterocycles. The van der Waals surface area contributed by atoms with Crippen molar-refractivity contribution in [3.8, 4) is 0 Å². The van der Waals surface area contributed by atoms with E-state index in [4.69, 9.17) is 5.11 Å². The number of likely N-dealkylation sites (tertiary alicyclic amines) is 1. The number of Topliss-reactive ketones (excluding diaryl/α,β-unsaturated/α-hetero) is 1. The Kier molecular flexibility index (Phi) is 5.46. The molecular formula is C19H13BrN2O7. The zero-order chi connectivity index (χ0) is 21.3. The number of nitro groups is 1. The molecule has 1 saturated heterocycles. The van der Waals surface area contributed by atoms with Crippen molar-refractivity contribution in [2.45, 2.75) is 6.04 Å². The van der Waals surface area contributed by atoms with Crippen LogP contribution in [0.1, 0.15) is 17.2 Å². The minimum absolute atomic E-state index is 0.0889. The third kappa shape index (κ3) is 3.87. The van der Waals surface area contributed by atoms with Gasteiger partial charge in [0.25, 0.3) is 17.4 Å². The van der Waals surface area contributed by atoms with E-state index in [9.17, 15) is 29.6 Å². The van der Waals surface area contributed by atoms with Crippen LogP contribution in [0.5, 0.6) is 0 Å². The van der Waals surface area contributed by atoms with Crippen LogP contribution in [-0.2, 0) is 14.4 Å². The molecule has 1 amide bonds. The number of amides is 1. The maximum absolute atomic E-state index is 12.6. The van der Waals surface area contributed by atoms with Crippen LogP contribution in [0, 0.1) is 10.1 Å². The van der Waals surface area contributed by atoms with Gasteiger partial charge in [-0.2, -0.15) is 0 Å². The first kappa shape index (κ1) is 20.2. The fourth-order valence-electron chi connectivity index (χ4n) is 3.08. The standard InChI is InChI=1S/C19H13BrN2O7/c20-12-5-1-10(2-6-12)16-15(18(26)19(27)21(16)9-14(23)24)17(25)11-3-7-13(8-4-11)22(28)29/h1-8,16,25H,9H2,(H,23,24). The summed E-state index contributed by atoms with van der Waals surface area (Å²) in [5.41, 5.74) is 0.0212. The van der Waals surface area contributed by atoms with Crippen LogP contribution < -0.4 is 0 Å². The number of carboxylic acids is 1. The second-order valence-corrected chi connectivity index (χ2v) is 7.09. The fraction of sp³-hybridized carbons (Fsp3) is 0.105. The molecular weight excluding hydrogens is 448 g/mol. The Bertz CT molecular complexity index is 1050. The number of aliphatic hydroxyl groups is 1. The monoisotopic (exact) mass is 460 g/mol. The van der Waals surface area contributed by atoms with Gasteiger partial charge in [-0.25, -0.2) is 0 Å². The molecule has 1 aliphatic rings. The number of hydrogen-bond acceptors (Lipinski definition) is 6. The summed E-state index contributed by atoms with van der Waals surface area (Å²) in [6.45, 7) is -0.734. The zero-order valence-corrected chi connectivity index (χ0v) is 16.2. The highest BCUT2D eigenvalue weighted by Crippen LogP contribution is 2.39. The Balaban J connectivity index is 2.16. The molecule has 2 N–H and O–H groups in total. The maximum Gasteiger partial charge on any atom is 0.323 e. The van der Waals surface area contributed by atoms with Crippen molar-refractivity contribution >= 4 is 45.0 Å². The lowest BCUT2D eigenvalue weighted by molar-refractivity contribution is -0.384. The van der Waals surface area contributed by atoms with Crippen molar-refractivity contribution in [3.05, 3.63) is 79.8 Å². The molecule has 0 aromatic heterocycles. The predicted molar refractivity (Wildman–Crippen MR) is 104 cm³/mol. The predicted octanol–water partition coefficient (Wildman–Crippen LogP) is 2.86. The highest BCUT2D eigenvalue weighted by Gasteiger charge is 2.46. The van der Waals surface area contributed by atoms with E-state index in [-0.39, 0.29) is 16.8 Å². The van der Waals surface area contributed by atoms with Crippen LogP contribution >= 0.6 is 15.9 Å². The van der Waals surface area contributed by atoms with Gasteiger partial charge in [0.2, 0.25) is 0 Å². The third-order valence-electron chi connectivity index (χ3n) is 4.38. The van der Waals surface area contributed by atoms with Gasteiger partial charge in [0.15, 0.2) is 0 Å². The number of rotatable bonds is 5. The molecule has 3 rings (SSSR count). The number of aliphatic hydroxyl groups excluding tert-OH is 1. The first-order valence-corrected chi connectivity index (χ1v) is 9.00. The van der Waals surface area contributed by atoms with Gasteiger partial charge in [-0.15, -0.1) is 0 Å². The van der Waals surface area contributed by atoms with E-state index in [1.54, 1.807) is 24.3 Å². The maximum atomic E-state index is 12.6. The second-order valence-electron chi connectivity index (χ2n) is 6.18. The molecule has 0 bridgehead atoms. The molecule has 1 unspecified atom stereocenters. The molecule has 2 aromatic rings. The van der Waals surface area contributed by atoms with E-state index in [1.807, 2.05) is 0 Å². The van der Waals surface area contributed by atoms with Gasteiger partial charge in [0.05, 0.1) is 16.5 Å². The molecule has 29 heavy (non-hydrogen) atoms. The van der Waals surface area contributed by atoms with Crippen molar-refractivity contribution < 1.29 is 29.5 Å². The number of hydrogen-bond donors (Lipinski definition) is 2. The van der Waals surface area contributed by atoms with Crippen LogP contribution in [0.3, 0.4) is 0 Å². The first-order valence-electron chi connectivity index (χ1n) is 8.21. The zero-order valence-electron chi connectivity index (χ0n) is 14.6. The lowest BCUT2D eigenvalue weighted by Gasteiger charge is -2.23. The van der Waals surface area contributed by atoms with E-state index >= 15 is 0 Å². The largest absolute Gasteiger partial charge is 0.507 e. The van der Waals surface area contributed by atoms with Crippen LogP contribution in [0.4, 0.5) is 5.69 Å². The fourth-order valence-corrected chi connectivity index (χ4v) is 3.34. The summed E-state index contributed by atoms with van der Waals surface area (Å²) >= 11 is 3.27. The molecule has 1 atom stereocenters. The van der Waals surface area contributed by atoms with Gasteiger partial charge in [-0.3, -0.25) is 24.5 Å². The van der Waals surface area contributed by atoms with E-state index < -0.39 is 40.9 Å². The summed E-state index contributed by atoms with van der Waals surface area (Å²) in [5.74, 6) is -3.94. The van der Waals surface area contributed by atoms with Gasteiger partial charge in [0.1, 0.15) is 12.3 Å². The van der Waals surface area contributed by atoms with Crippen LogP contribution in [0.15, 0.2) is 58.6 Å². The number of carbonyl (C=O) groups excluding carboxylic acids is 2. The lowest BCUT2D eigenvalue weighted by atomic mass is 9.95. The molecule has 2 aromatic carbocycles. The Morgan fingerprint density at radius 3 is 2.17 bits per heavy atom. The van der Waals surface area contributed by atoms with Gasteiger partial charge in [-0.05, 0) is 29.8 Å². The number of aliphatic carboxylic acids is 1. The summed E-state index contributed by atoms with van der Waals surface area (Å²) < 4.78 is 0.729. The summed E-state index contributed by atoms with van der Waals surface area (Å²) in [4.78, 5) is 47.4. The molecule has 1 fully saturated rings. The number of carbonyl (C=O) groups is 3. The average molecular weight is 461 g/mol. The average Bonchev–Trinajstić information content (AvgIpc) is 2.92. The van der Waals surface area contributed by atoms with Gasteiger partial charge >= 0.3 is 5.97 Å². The van der Waals surface area contributed by atoms with Gasteiger partial charge in [-0.1, -0.05) is 28.1 Å². The third-order valence-corrected chi connectivity index (χ3v) is 4.91. The normalized spacial score (nSPS) is 18.1. The van der Waals surface area contributed by atoms with Crippen molar-refractivity contribution in [2.75, 3.05) is 6.54 Å². The first-order chi connectivity index (χ1) is 13.7. The Morgan fingerprint density at radius 2 is 1.66 bits per heavy atom. The molecule has 0 spiro atoms. The Hall–Kier alpha value is -3.53. The Labute approximate surface area is 172 Å². The van der Waals surface area contributed by atoms with Crippen LogP contribution in [0.25, 0.3) is 5.76 Å². The van der Waals surface area contributed by atoms with Crippen molar-refractivity contribution in [1.82, 2.24) is 4.90 Å². The number of carboxylic acid groups (broad SMARTS) is 1.